The summed E-state index contributed by atoms with van der Waals surface area (Å²) >= 11 is 0. The van der Waals surface area contributed by atoms with Gasteiger partial charge < -0.3 is 19.9 Å². The summed E-state index contributed by atoms with van der Waals surface area (Å²) in [6.45, 7) is 4.17. The highest BCUT2D eigenvalue weighted by Gasteiger charge is 2.30. The highest BCUT2D eigenvalue weighted by Crippen LogP contribution is 2.37. The second kappa shape index (κ2) is 4.89. The molecule has 0 bridgehead atoms. The van der Waals surface area contributed by atoms with E-state index in [1.165, 1.54) is 0 Å². The van der Waals surface area contributed by atoms with E-state index in [1.54, 1.807) is 6.07 Å². The number of carbonyl (C=O) groups is 1. The molecule has 104 valence electrons. The van der Waals surface area contributed by atoms with Gasteiger partial charge in [0, 0.05) is 31.9 Å². The van der Waals surface area contributed by atoms with Crippen LogP contribution in [0.25, 0.3) is 0 Å². The molecule has 0 radical (unpaired) electrons. The zero-order valence-corrected chi connectivity index (χ0v) is 11.3. The molecule has 1 aromatic rings. The molecule has 1 amide bonds. The minimum atomic E-state index is 0.0842. The van der Waals surface area contributed by atoms with Crippen molar-refractivity contribution >= 4 is 11.6 Å². The first-order valence-electron chi connectivity index (χ1n) is 7.03. The first kappa shape index (κ1) is 12.5. The van der Waals surface area contributed by atoms with Crippen molar-refractivity contribution in [3.63, 3.8) is 0 Å². The molecule has 1 atom stereocenters. The molecule has 2 aliphatic rings. The van der Waals surface area contributed by atoms with E-state index >= 15 is 0 Å². The Bertz CT molecular complexity index is 479. The van der Waals surface area contributed by atoms with Crippen molar-refractivity contribution in [2.24, 2.45) is 0 Å². The molecule has 1 aliphatic carbocycles. The maximum absolute atomic E-state index is 12.7. The Balaban J connectivity index is 1.82. The molecule has 3 rings (SSSR count). The van der Waals surface area contributed by atoms with Gasteiger partial charge in [-0.1, -0.05) is 0 Å². The summed E-state index contributed by atoms with van der Waals surface area (Å²) in [6.07, 6.45) is 5.19. The normalized spacial score (nSPS) is 24.3. The van der Waals surface area contributed by atoms with Crippen molar-refractivity contribution in [1.29, 1.82) is 0 Å². The highest BCUT2D eigenvalue weighted by atomic mass is 16.5. The minimum Gasteiger partial charge on any atom is -0.397 e. The number of ether oxygens (including phenoxy) is 1. The number of nitrogen functional groups attached to an aromatic ring is 1. The van der Waals surface area contributed by atoms with Gasteiger partial charge in [0.05, 0.1) is 11.8 Å². The summed E-state index contributed by atoms with van der Waals surface area (Å²) in [5.41, 5.74) is 7.26. The van der Waals surface area contributed by atoms with Crippen molar-refractivity contribution < 1.29 is 9.53 Å². The van der Waals surface area contributed by atoms with Crippen LogP contribution in [-0.4, -0.2) is 41.2 Å². The number of anilines is 1. The predicted octanol–water partition coefficient (Wildman–Crippen LogP) is 1.66. The van der Waals surface area contributed by atoms with Gasteiger partial charge in [0.15, 0.2) is 0 Å². The highest BCUT2D eigenvalue weighted by molar-refractivity contribution is 5.94. The Morgan fingerprint density at radius 1 is 1.47 bits per heavy atom. The van der Waals surface area contributed by atoms with E-state index in [0.29, 0.717) is 18.3 Å². The molecule has 19 heavy (non-hydrogen) atoms. The fourth-order valence-electron chi connectivity index (χ4n) is 2.67. The van der Waals surface area contributed by atoms with E-state index in [9.17, 15) is 4.79 Å². The van der Waals surface area contributed by atoms with Gasteiger partial charge in [0.2, 0.25) is 0 Å². The molecule has 2 fully saturated rings. The number of nitrogens with zero attached hydrogens (tertiary/aromatic N) is 2. The fraction of sp³-hybridized carbons (Fsp3) is 0.643. The van der Waals surface area contributed by atoms with Crippen LogP contribution in [0.4, 0.5) is 5.69 Å². The van der Waals surface area contributed by atoms with E-state index < -0.39 is 0 Å². The molecule has 1 saturated carbocycles. The lowest BCUT2D eigenvalue weighted by molar-refractivity contribution is 0.0556. The summed E-state index contributed by atoms with van der Waals surface area (Å²) in [5, 5.41) is 0. The van der Waals surface area contributed by atoms with Crippen LogP contribution < -0.4 is 5.73 Å². The van der Waals surface area contributed by atoms with Crippen molar-refractivity contribution in [2.75, 3.05) is 25.4 Å². The third-order valence-corrected chi connectivity index (χ3v) is 3.77. The first-order valence-corrected chi connectivity index (χ1v) is 7.03. The number of amides is 1. The molecule has 2 heterocycles. The first-order chi connectivity index (χ1) is 9.15. The molecular weight excluding hydrogens is 242 g/mol. The molecule has 1 aromatic heterocycles. The largest absolute Gasteiger partial charge is 0.397 e. The van der Waals surface area contributed by atoms with E-state index in [1.807, 2.05) is 22.6 Å². The van der Waals surface area contributed by atoms with Gasteiger partial charge >= 0.3 is 0 Å². The molecular formula is C14H21N3O2. The van der Waals surface area contributed by atoms with Gasteiger partial charge in [0.1, 0.15) is 5.69 Å². The zero-order valence-electron chi connectivity index (χ0n) is 11.3. The van der Waals surface area contributed by atoms with E-state index in [2.05, 4.69) is 0 Å². The van der Waals surface area contributed by atoms with Gasteiger partial charge in [-0.2, -0.15) is 0 Å². The van der Waals surface area contributed by atoms with Gasteiger partial charge in [-0.15, -0.1) is 0 Å². The Morgan fingerprint density at radius 2 is 2.26 bits per heavy atom. The Labute approximate surface area is 113 Å². The van der Waals surface area contributed by atoms with Crippen LogP contribution in [-0.2, 0) is 4.74 Å². The maximum Gasteiger partial charge on any atom is 0.270 e. The quantitative estimate of drug-likeness (QED) is 0.882. The van der Waals surface area contributed by atoms with Crippen LogP contribution in [0.1, 0.15) is 42.7 Å². The van der Waals surface area contributed by atoms with Gasteiger partial charge in [-0.25, -0.2) is 0 Å². The minimum absolute atomic E-state index is 0.0842. The van der Waals surface area contributed by atoms with Gasteiger partial charge in [-0.3, -0.25) is 4.79 Å². The molecule has 5 nitrogen and oxygen atoms in total. The Kier molecular flexibility index (Phi) is 3.22. The lowest BCUT2D eigenvalue weighted by Crippen LogP contribution is -2.36. The molecule has 5 heteroatoms. The summed E-state index contributed by atoms with van der Waals surface area (Å²) in [7, 11) is 0. The number of aromatic nitrogens is 1. The molecule has 0 aromatic carbocycles. The molecule has 1 unspecified atom stereocenters. The lowest BCUT2D eigenvalue weighted by atomic mass is 10.3. The van der Waals surface area contributed by atoms with E-state index in [-0.39, 0.29) is 12.0 Å². The van der Waals surface area contributed by atoms with Crippen LogP contribution in [0.3, 0.4) is 0 Å². The van der Waals surface area contributed by atoms with Crippen molar-refractivity contribution in [2.45, 2.75) is 38.3 Å². The number of nitrogens with two attached hydrogens (primary N) is 1. The predicted molar refractivity (Wildman–Crippen MR) is 73.0 cm³/mol. The van der Waals surface area contributed by atoms with Crippen molar-refractivity contribution in [3.8, 4) is 0 Å². The summed E-state index contributed by atoms with van der Waals surface area (Å²) in [6, 6.07) is 2.27. The second-order valence-electron chi connectivity index (χ2n) is 5.58. The third-order valence-electron chi connectivity index (χ3n) is 3.77. The topological polar surface area (TPSA) is 60.5 Å². The van der Waals surface area contributed by atoms with E-state index in [4.69, 9.17) is 10.5 Å². The number of rotatable bonds is 2. The van der Waals surface area contributed by atoms with Crippen LogP contribution in [0, 0.1) is 0 Å². The van der Waals surface area contributed by atoms with Crippen LogP contribution in [0.15, 0.2) is 12.3 Å². The maximum atomic E-state index is 12.7. The van der Waals surface area contributed by atoms with Crippen LogP contribution in [0.2, 0.25) is 0 Å². The van der Waals surface area contributed by atoms with Crippen LogP contribution in [0.5, 0.6) is 0 Å². The molecule has 2 N–H and O–H groups in total. The number of carbonyl (C=O) groups excluding carboxylic acids is 1. The monoisotopic (exact) mass is 263 g/mol. The van der Waals surface area contributed by atoms with Gasteiger partial charge in [-0.05, 0) is 32.3 Å². The standard InChI is InChI=1S/C14H21N3O2/c1-10-8-16(5-2-6-19-10)14(18)13-7-11(15)9-17(13)12-3-4-12/h7,9-10,12H,2-6,8,15H2,1H3. The fourth-order valence-corrected chi connectivity index (χ4v) is 2.67. The molecule has 0 spiro atoms. The SMILES string of the molecule is CC1CN(C(=O)c2cc(N)cn2C2CC2)CCCO1. The zero-order chi connectivity index (χ0) is 13.4. The molecule has 1 saturated heterocycles. The lowest BCUT2D eigenvalue weighted by Gasteiger charge is -2.22. The summed E-state index contributed by atoms with van der Waals surface area (Å²) in [4.78, 5) is 14.6. The van der Waals surface area contributed by atoms with Crippen molar-refractivity contribution in [1.82, 2.24) is 9.47 Å². The average Bonchev–Trinajstić information content (AvgIpc) is 3.17. The average molecular weight is 263 g/mol. The number of hydrogen-bond acceptors (Lipinski definition) is 3. The van der Waals surface area contributed by atoms with Crippen LogP contribution >= 0.6 is 0 Å². The number of hydrogen-bond donors (Lipinski definition) is 1. The van der Waals surface area contributed by atoms with Gasteiger partial charge in [0.25, 0.3) is 5.91 Å². The van der Waals surface area contributed by atoms with Crippen molar-refractivity contribution in [3.05, 3.63) is 18.0 Å². The summed E-state index contributed by atoms with van der Waals surface area (Å²) in [5.74, 6) is 0.0842. The van der Waals surface area contributed by atoms with E-state index in [0.717, 1.165) is 38.1 Å². The Morgan fingerprint density at radius 3 is 3.00 bits per heavy atom. The second-order valence-corrected chi connectivity index (χ2v) is 5.58. The molecule has 1 aliphatic heterocycles. The Hall–Kier alpha value is -1.49. The summed E-state index contributed by atoms with van der Waals surface area (Å²) < 4.78 is 7.64. The third kappa shape index (κ3) is 2.61. The smallest absolute Gasteiger partial charge is 0.270 e.